The maximum absolute atomic E-state index is 13.2. The molecule has 2 aromatic carbocycles. The molecule has 24 heavy (non-hydrogen) atoms. The van der Waals surface area contributed by atoms with Crippen molar-refractivity contribution in [3.8, 4) is 6.07 Å². The van der Waals surface area contributed by atoms with Gasteiger partial charge in [0.25, 0.3) is 5.91 Å². The number of nitriles is 1. The van der Waals surface area contributed by atoms with Gasteiger partial charge >= 0.3 is 0 Å². The fraction of sp³-hybridized carbons (Fsp3) is 0.222. The van der Waals surface area contributed by atoms with Crippen LogP contribution in [0.5, 0.6) is 0 Å². The number of thioether (sulfide) groups is 1. The van der Waals surface area contributed by atoms with E-state index < -0.39 is 0 Å². The first kappa shape index (κ1) is 18.0. The van der Waals surface area contributed by atoms with Crippen LogP contribution in [0.1, 0.15) is 5.56 Å². The monoisotopic (exact) mass is 344 g/mol. The van der Waals surface area contributed by atoms with Crippen molar-refractivity contribution in [1.82, 2.24) is 0 Å². The van der Waals surface area contributed by atoms with Crippen LogP contribution in [0.25, 0.3) is 0 Å². The highest BCUT2D eigenvalue weighted by Crippen LogP contribution is 2.26. The lowest BCUT2D eigenvalue weighted by atomic mass is 10.2. The van der Waals surface area contributed by atoms with Crippen LogP contribution in [0.4, 0.5) is 10.1 Å². The van der Waals surface area contributed by atoms with E-state index in [1.54, 1.807) is 6.07 Å². The molecular weight excluding hydrogens is 325 g/mol. The summed E-state index contributed by atoms with van der Waals surface area (Å²) in [6, 6.07) is 15.9. The van der Waals surface area contributed by atoms with Gasteiger partial charge < -0.3 is 10.2 Å². The van der Waals surface area contributed by atoms with Crippen LogP contribution in [-0.2, 0) is 11.3 Å². The number of rotatable bonds is 7. The normalized spacial score (nSPS) is 11.5. The lowest BCUT2D eigenvalue weighted by molar-refractivity contribution is -0.885. The second kappa shape index (κ2) is 9.06. The van der Waals surface area contributed by atoms with Crippen molar-refractivity contribution >= 4 is 23.4 Å². The Bertz CT molecular complexity index is 745. The highest BCUT2D eigenvalue weighted by molar-refractivity contribution is 7.99. The predicted octanol–water partition coefficient (Wildman–Crippen LogP) is 2.09. The molecule has 0 heterocycles. The zero-order valence-electron chi connectivity index (χ0n) is 13.4. The van der Waals surface area contributed by atoms with Crippen molar-refractivity contribution in [2.75, 3.05) is 24.7 Å². The first-order valence-corrected chi connectivity index (χ1v) is 8.51. The second-order valence-corrected chi connectivity index (χ2v) is 6.45. The Morgan fingerprint density at radius 2 is 2.08 bits per heavy atom. The lowest BCUT2D eigenvalue weighted by Crippen LogP contribution is -3.08. The van der Waals surface area contributed by atoms with Crippen LogP contribution in [-0.4, -0.2) is 25.3 Å². The highest BCUT2D eigenvalue weighted by Gasteiger charge is 2.13. The number of halogens is 1. The minimum absolute atomic E-state index is 0.117. The van der Waals surface area contributed by atoms with Gasteiger partial charge in [-0.3, -0.25) is 4.79 Å². The van der Waals surface area contributed by atoms with Crippen LogP contribution in [0, 0.1) is 17.1 Å². The van der Waals surface area contributed by atoms with Gasteiger partial charge in [0.15, 0.2) is 6.54 Å². The number of benzene rings is 2. The molecule has 0 saturated heterocycles. The summed E-state index contributed by atoms with van der Waals surface area (Å²) in [6.45, 7) is 0.837. The van der Waals surface area contributed by atoms with Crippen molar-refractivity contribution in [3.05, 3.63) is 59.9 Å². The first-order chi connectivity index (χ1) is 11.6. The molecule has 2 N–H and O–H groups in total. The van der Waals surface area contributed by atoms with E-state index in [2.05, 4.69) is 11.4 Å². The summed E-state index contributed by atoms with van der Waals surface area (Å²) >= 11 is 1.39. The molecule has 0 aliphatic carbocycles. The summed E-state index contributed by atoms with van der Waals surface area (Å²) < 4.78 is 13.2. The summed E-state index contributed by atoms with van der Waals surface area (Å²) in [4.78, 5) is 14.1. The molecule has 0 aromatic heterocycles. The molecule has 124 valence electrons. The molecule has 0 fully saturated rings. The van der Waals surface area contributed by atoms with E-state index in [-0.39, 0.29) is 18.3 Å². The second-order valence-electron chi connectivity index (χ2n) is 5.43. The van der Waals surface area contributed by atoms with E-state index in [0.29, 0.717) is 18.0 Å². The lowest BCUT2D eigenvalue weighted by Gasteiger charge is -2.15. The zero-order chi connectivity index (χ0) is 17.4. The Balaban J connectivity index is 1.92. The highest BCUT2D eigenvalue weighted by atomic mass is 32.2. The summed E-state index contributed by atoms with van der Waals surface area (Å²) in [6.07, 6.45) is 0. The zero-order valence-corrected chi connectivity index (χ0v) is 14.2. The third-order valence-corrected chi connectivity index (χ3v) is 4.25. The van der Waals surface area contributed by atoms with Gasteiger partial charge in [-0.25, -0.2) is 4.39 Å². The summed E-state index contributed by atoms with van der Waals surface area (Å²) in [5, 5.41) is 11.6. The van der Waals surface area contributed by atoms with Gasteiger partial charge in [0, 0.05) is 10.5 Å². The molecule has 1 amide bonds. The van der Waals surface area contributed by atoms with Gasteiger partial charge in [-0.05, 0) is 24.3 Å². The molecule has 1 atom stereocenters. The Morgan fingerprint density at radius 3 is 2.83 bits per heavy atom. The topological polar surface area (TPSA) is 57.3 Å². The number of hydrogen-bond acceptors (Lipinski definition) is 3. The Labute approximate surface area is 145 Å². The predicted molar refractivity (Wildman–Crippen MR) is 93.3 cm³/mol. The molecule has 4 nitrogen and oxygen atoms in total. The molecule has 0 aliphatic heterocycles. The average molecular weight is 344 g/mol. The number of anilines is 1. The summed E-state index contributed by atoms with van der Waals surface area (Å²) in [5.74, 6) is -0.0560. The number of hydrogen-bond donors (Lipinski definition) is 2. The Hall–Kier alpha value is -2.36. The van der Waals surface area contributed by atoms with E-state index >= 15 is 0 Å². The molecule has 0 aliphatic rings. The van der Waals surface area contributed by atoms with E-state index in [0.717, 1.165) is 15.4 Å². The molecule has 0 saturated carbocycles. The molecule has 1 unspecified atom stereocenters. The van der Waals surface area contributed by atoms with Crippen molar-refractivity contribution in [2.24, 2.45) is 0 Å². The third kappa shape index (κ3) is 5.69. The number of quaternary nitrogens is 1. The molecule has 0 bridgehead atoms. The van der Waals surface area contributed by atoms with Gasteiger partial charge in [-0.2, -0.15) is 5.26 Å². The Morgan fingerprint density at radius 1 is 1.29 bits per heavy atom. The van der Waals surface area contributed by atoms with Crippen LogP contribution < -0.4 is 10.2 Å². The Kier molecular flexibility index (Phi) is 6.79. The average Bonchev–Trinajstić information content (AvgIpc) is 2.53. The van der Waals surface area contributed by atoms with Crippen molar-refractivity contribution in [3.63, 3.8) is 0 Å². The minimum Gasteiger partial charge on any atom is -0.326 e. The smallest absolute Gasteiger partial charge is 0.279 e. The summed E-state index contributed by atoms with van der Waals surface area (Å²) in [7, 11) is 1.89. The maximum Gasteiger partial charge on any atom is 0.279 e. The largest absolute Gasteiger partial charge is 0.326 e. The molecule has 6 heteroatoms. The van der Waals surface area contributed by atoms with Crippen molar-refractivity contribution in [1.29, 1.82) is 5.26 Å². The van der Waals surface area contributed by atoms with Gasteiger partial charge in [0.1, 0.15) is 12.4 Å². The van der Waals surface area contributed by atoms with E-state index in [9.17, 15) is 9.18 Å². The minimum atomic E-state index is -0.270. The number of carbonyl (C=O) groups is 1. The number of carbonyl (C=O) groups excluding carboxylic acids is 1. The maximum atomic E-state index is 13.2. The van der Waals surface area contributed by atoms with Gasteiger partial charge in [-0.15, -0.1) is 11.8 Å². The van der Waals surface area contributed by atoms with Gasteiger partial charge in [0.2, 0.25) is 0 Å². The fourth-order valence-electron chi connectivity index (χ4n) is 2.33. The SMILES string of the molecule is C[NH+](CC(=O)Nc1ccccc1SCC#N)Cc1cccc(F)c1. The number of nitrogens with zero attached hydrogens (tertiary/aromatic N) is 1. The van der Waals surface area contributed by atoms with E-state index in [4.69, 9.17) is 5.26 Å². The van der Waals surface area contributed by atoms with Crippen molar-refractivity contribution < 1.29 is 14.1 Å². The molecule has 2 aromatic rings. The van der Waals surface area contributed by atoms with Gasteiger partial charge in [-0.1, -0.05) is 24.3 Å². The number of para-hydroxylation sites is 1. The molecule has 0 radical (unpaired) electrons. The standard InChI is InChI=1S/C18H18FN3OS/c1-22(12-14-5-4-6-15(19)11-14)13-18(23)21-16-7-2-3-8-17(16)24-10-9-20/h2-8,11H,10,12-13H2,1H3,(H,21,23)/p+1. The molecule has 2 rings (SSSR count). The van der Waals surface area contributed by atoms with Crippen LogP contribution in [0.2, 0.25) is 0 Å². The number of nitrogens with one attached hydrogen (secondary N) is 2. The molecular formula is C18H19FN3OS+. The van der Waals surface area contributed by atoms with E-state index in [1.807, 2.05) is 37.4 Å². The quantitative estimate of drug-likeness (QED) is 0.756. The fourth-order valence-corrected chi connectivity index (χ4v) is 3.00. The summed E-state index contributed by atoms with van der Waals surface area (Å²) in [5.41, 5.74) is 1.56. The van der Waals surface area contributed by atoms with Crippen LogP contribution >= 0.6 is 11.8 Å². The molecule has 0 spiro atoms. The van der Waals surface area contributed by atoms with Crippen molar-refractivity contribution in [2.45, 2.75) is 11.4 Å². The number of likely N-dealkylation sites (N-methyl/N-ethyl adjacent to an activating group) is 1. The van der Waals surface area contributed by atoms with Gasteiger partial charge in [0.05, 0.1) is 24.6 Å². The van der Waals surface area contributed by atoms with E-state index in [1.165, 1.54) is 23.9 Å². The van der Waals surface area contributed by atoms with Crippen LogP contribution in [0.3, 0.4) is 0 Å². The number of amides is 1. The third-order valence-electron chi connectivity index (χ3n) is 3.31. The first-order valence-electron chi connectivity index (χ1n) is 7.53. The van der Waals surface area contributed by atoms with Crippen LogP contribution in [0.15, 0.2) is 53.4 Å².